The Balaban J connectivity index is 2.06. The average Bonchev–Trinajstić information content (AvgIpc) is 2.74. The summed E-state index contributed by atoms with van der Waals surface area (Å²) in [6, 6.07) is 9.71. The van der Waals surface area contributed by atoms with Crippen LogP contribution in [-0.2, 0) is 4.79 Å². The molecule has 0 atom stereocenters. The van der Waals surface area contributed by atoms with Crippen molar-refractivity contribution in [1.29, 1.82) is 0 Å². The molecule has 0 spiro atoms. The standard InChI is InChI=1S/C21H24N2O7/c1-4-28-17-9-7-15(11-19(17)29-5-2)21(26)23-22-12-14-6-8-16(18(10-14)27-3)30-13-20(24)25/h6-12H,4-5,13H2,1-3H3,(H,23,26)(H,24,25)/b22-12+. The number of hydrogen-bond donors (Lipinski definition) is 2. The van der Waals surface area contributed by atoms with Crippen LogP contribution in [0.5, 0.6) is 23.0 Å². The van der Waals surface area contributed by atoms with Crippen molar-refractivity contribution in [2.24, 2.45) is 5.10 Å². The summed E-state index contributed by atoms with van der Waals surface area (Å²) in [6.07, 6.45) is 1.43. The highest BCUT2D eigenvalue weighted by Gasteiger charge is 2.11. The Morgan fingerprint density at radius 3 is 2.30 bits per heavy atom. The zero-order valence-corrected chi connectivity index (χ0v) is 17.0. The first-order chi connectivity index (χ1) is 14.5. The predicted molar refractivity (Wildman–Crippen MR) is 110 cm³/mol. The summed E-state index contributed by atoms with van der Waals surface area (Å²) in [5.41, 5.74) is 3.44. The highest BCUT2D eigenvalue weighted by atomic mass is 16.5. The number of carbonyl (C=O) groups is 2. The lowest BCUT2D eigenvalue weighted by atomic mass is 10.2. The van der Waals surface area contributed by atoms with Gasteiger partial charge < -0.3 is 24.1 Å². The lowest BCUT2D eigenvalue weighted by Crippen LogP contribution is -2.17. The molecule has 2 N–H and O–H groups in total. The van der Waals surface area contributed by atoms with E-state index in [9.17, 15) is 9.59 Å². The maximum Gasteiger partial charge on any atom is 0.341 e. The monoisotopic (exact) mass is 416 g/mol. The summed E-state index contributed by atoms with van der Waals surface area (Å²) in [6.45, 7) is 4.16. The highest BCUT2D eigenvalue weighted by Crippen LogP contribution is 2.29. The van der Waals surface area contributed by atoms with E-state index < -0.39 is 18.5 Å². The Morgan fingerprint density at radius 2 is 1.63 bits per heavy atom. The molecule has 2 aromatic carbocycles. The van der Waals surface area contributed by atoms with Crippen LogP contribution in [0.3, 0.4) is 0 Å². The zero-order chi connectivity index (χ0) is 21.9. The molecule has 0 radical (unpaired) electrons. The van der Waals surface area contributed by atoms with Crippen LogP contribution >= 0.6 is 0 Å². The molecule has 0 unspecified atom stereocenters. The second-order valence-electron chi connectivity index (χ2n) is 5.82. The summed E-state index contributed by atoms with van der Waals surface area (Å²) >= 11 is 0. The van der Waals surface area contributed by atoms with Crippen molar-refractivity contribution in [2.75, 3.05) is 26.9 Å². The number of benzene rings is 2. The minimum absolute atomic E-state index is 0.291. The van der Waals surface area contributed by atoms with Gasteiger partial charge in [-0.15, -0.1) is 0 Å². The molecule has 9 heteroatoms. The normalized spacial score (nSPS) is 10.5. The van der Waals surface area contributed by atoms with Gasteiger partial charge in [0.2, 0.25) is 0 Å². The number of methoxy groups -OCH3 is 1. The fourth-order valence-corrected chi connectivity index (χ4v) is 2.45. The molecule has 30 heavy (non-hydrogen) atoms. The maximum atomic E-state index is 12.4. The smallest absolute Gasteiger partial charge is 0.341 e. The van der Waals surface area contributed by atoms with Crippen molar-refractivity contribution in [2.45, 2.75) is 13.8 Å². The number of hydrazone groups is 1. The molecule has 2 aromatic rings. The van der Waals surface area contributed by atoms with Crippen molar-refractivity contribution >= 4 is 18.1 Å². The van der Waals surface area contributed by atoms with Gasteiger partial charge in [-0.3, -0.25) is 4.79 Å². The summed E-state index contributed by atoms with van der Waals surface area (Å²) in [5, 5.41) is 12.6. The third kappa shape index (κ3) is 6.40. The number of nitrogens with zero attached hydrogens (tertiary/aromatic N) is 1. The quantitative estimate of drug-likeness (QED) is 0.427. The molecular formula is C21H24N2O7. The molecule has 160 valence electrons. The number of carbonyl (C=O) groups excluding carboxylic acids is 1. The second-order valence-corrected chi connectivity index (χ2v) is 5.82. The number of carboxylic acid groups (broad SMARTS) is 1. The van der Waals surface area contributed by atoms with Gasteiger partial charge in [-0.2, -0.15) is 5.10 Å². The average molecular weight is 416 g/mol. The molecule has 0 heterocycles. The topological polar surface area (TPSA) is 116 Å². The van der Waals surface area contributed by atoms with Crippen molar-refractivity contribution < 1.29 is 33.6 Å². The van der Waals surface area contributed by atoms with Crippen LogP contribution in [-0.4, -0.2) is 50.1 Å². The van der Waals surface area contributed by atoms with Crippen LogP contribution in [0.25, 0.3) is 0 Å². The van der Waals surface area contributed by atoms with E-state index in [1.807, 2.05) is 13.8 Å². The molecule has 1 amide bonds. The molecule has 0 saturated heterocycles. The first kappa shape index (κ1) is 22.5. The van der Waals surface area contributed by atoms with Crippen LogP contribution in [0, 0.1) is 0 Å². The summed E-state index contributed by atoms with van der Waals surface area (Å²) in [5.74, 6) is 0.184. The summed E-state index contributed by atoms with van der Waals surface area (Å²) < 4.78 is 21.3. The number of rotatable bonds is 11. The Kier molecular flexibility index (Phi) is 8.49. The van der Waals surface area contributed by atoms with E-state index in [4.69, 9.17) is 24.1 Å². The van der Waals surface area contributed by atoms with Crippen LogP contribution in [0.15, 0.2) is 41.5 Å². The zero-order valence-electron chi connectivity index (χ0n) is 17.0. The van der Waals surface area contributed by atoms with Gasteiger partial charge in [-0.25, -0.2) is 10.2 Å². The highest BCUT2D eigenvalue weighted by molar-refractivity contribution is 5.95. The SMILES string of the molecule is CCOc1ccc(C(=O)N/N=C/c2ccc(OCC(=O)O)c(OC)c2)cc1OCC. The predicted octanol–water partition coefficient (Wildman–Crippen LogP) is 2.72. The fraction of sp³-hybridized carbons (Fsp3) is 0.286. The Bertz CT molecular complexity index is 912. The minimum Gasteiger partial charge on any atom is -0.493 e. The van der Waals surface area contributed by atoms with Crippen molar-refractivity contribution in [1.82, 2.24) is 5.43 Å². The number of hydrogen-bond acceptors (Lipinski definition) is 7. The van der Waals surface area contributed by atoms with Crippen LogP contribution < -0.4 is 24.4 Å². The third-order valence-corrected chi connectivity index (χ3v) is 3.72. The molecule has 0 aliphatic heterocycles. The van der Waals surface area contributed by atoms with Crippen LogP contribution in [0.2, 0.25) is 0 Å². The van der Waals surface area contributed by atoms with Crippen molar-refractivity contribution in [3.05, 3.63) is 47.5 Å². The van der Waals surface area contributed by atoms with Gasteiger partial charge in [0, 0.05) is 5.56 Å². The van der Waals surface area contributed by atoms with E-state index >= 15 is 0 Å². The van der Waals surface area contributed by atoms with E-state index in [0.29, 0.717) is 47.3 Å². The molecule has 0 aliphatic rings. The van der Waals surface area contributed by atoms with Crippen LogP contribution in [0.1, 0.15) is 29.8 Å². The fourth-order valence-electron chi connectivity index (χ4n) is 2.45. The number of ether oxygens (including phenoxy) is 4. The molecule has 0 bridgehead atoms. The minimum atomic E-state index is -1.09. The van der Waals surface area contributed by atoms with Gasteiger partial charge in [-0.1, -0.05) is 0 Å². The molecule has 0 aliphatic carbocycles. The first-order valence-electron chi connectivity index (χ1n) is 9.24. The molecule has 0 aromatic heterocycles. The van der Waals surface area contributed by atoms with E-state index in [1.165, 1.54) is 13.3 Å². The van der Waals surface area contributed by atoms with Gasteiger partial charge in [0.1, 0.15) is 0 Å². The number of amides is 1. The summed E-state index contributed by atoms with van der Waals surface area (Å²) in [4.78, 5) is 23.0. The van der Waals surface area contributed by atoms with Gasteiger partial charge in [-0.05, 0) is 55.8 Å². The molecular weight excluding hydrogens is 392 g/mol. The lowest BCUT2D eigenvalue weighted by Gasteiger charge is -2.11. The van der Waals surface area contributed by atoms with Gasteiger partial charge in [0.05, 0.1) is 26.5 Å². The van der Waals surface area contributed by atoms with E-state index in [2.05, 4.69) is 10.5 Å². The van der Waals surface area contributed by atoms with Crippen molar-refractivity contribution in [3.8, 4) is 23.0 Å². The number of carboxylic acids is 1. The Labute approximate surface area is 174 Å². The van der Waals surface area contributed by atoms with Gasteiger partial charge in [0.25, 0.3) is 5.91 Å². The molecule has 9 nitrogen and oxygen atoms in total. The van der Waals surface area contributed by atoms with Gasteiger partial charge in [0.15, 0.2) is 29.6 Å². The van der Waals surface area contributed by atoms with E-state index in [-0.39, 0.29) is 0 Å². The second kappa shape index (κ2) is 11.3. The lowest BCUT2D eigenvalue weighted by molar-refractivity contribution is -0.139. The van der Waals surface area contributed by atoms with Crippen molar-refractivity contribution in [3.63, 3.8) is 0 Å². The maximum absolute atomic E-state index is 12.4. The molecule has 2 rings (SSSR count). The Morgan fingerprint density at radius 1 is 0.967 bits per heavy atom. The molecule has 0 fully saturated rings. The number of nitrogens with one attached hydrogen (secondary N) is 1. The van der Waals surface area contributed by atoms with E-state index in [0.717, 1.165) is 0 Å². The van der Waals surface area contributed by atoms with Crippen LogP contribution in [0.4, 0.5) is 0 Å². The molecule has 0 saturated carbocycles. The number of aliphatic carboxylic acids is 1. The summed E-state index contributed by atoms with van der Waals surface area (Å²) in [7, 11) is 1.44. The van der Waals surface area contributed by atoms with Gasteiger partial charge >= 0.3 is 5.97 Å². The first-order valence-corrected chi connectivity index (χ1v) is 9.24. The van der Waals surface area contributed by atoms with E-state index in [1.54, 1.807) is 36.4 Å². The third-order valence-electron chi connectivity index (χ3n) is 3.72. The largest absolute Gasteiger partial charge is 0.493 e. The Hall–Kier alpha value is -3.75.